The van der Waals surface area contributed by atoms with E-state index in [0.717, 1.165) is 55.8 Å². The maximum absolute atomic E-state index is 6.83. The van der Waals surface area contributed by atoms with Gasteiger partial charge in [-0.15, -0.1) is 0 Å². The second-order valence-electron chi connectivity index (χ2n) is 14.9. The first-order valence-electron chi connectivity index (χ1n) is 18.7. The van der Waals surface area contributed by atoms with E-state index >= 15 is 0 Å². The van der Waals surface area contributed by atoms with Crippen molar-refractivity contribution in [3.63, 3.8) is 0 Å². The van der Waals surface area contributed by atoms with Gasteiger partial charge in [-0.3, -0.25) is 0 Å². The number of hydrogen-bond acceptors (Lipinski definition) is 2. The number of anilines is 3. The van der Waals surface area contributed by atoms with Gasteiger partial charge in [0.1, 0.15) is 11.2 Å². The Kier molecular flexibility index (Phi) is 6.60. The molecule has 11 rings (SSSR count). The molecule has 2 aromatic heterocycles. The van der Waals surface area contributed by atoms with Crippen LogP contribution < -0.4 is 4.90 Å². The molecule has 1 aliphatic rings. The molecule has 10 aromatic rings. The maximum Gasteiger partial charge on any atom is 0.145 e. The fourth-order valence-corrected chi connectivity index (χ4v) is 9.13. The number of furan rings is 1. The van der Waals surface area contributed by atoms with E-state index in [1.165, 1.54) is 44.1 Å². The Hall–Kier alpha value is -6.84. The Morgan fingerprint density at radius 1 is 0.500 bits per heavy atom. The summed E-state index contributed by atoms with van der Waals surface area (Å²) in [6.07, 6.45) is 0. The summed E-state index contributed by atoms with van der Waals surface area (Å²) in [7, 11) is 0. The summed E-state index contributed by atoms with van der Waals surface area (Å²) in [5.74, 6) is 0. The summed E-state index contributed by atoms with van der Waals surface area (Å²) in [4.78, 5) is 2.49. The molecule has 2 heterocycles. The minimum absolute atomic E-state index is 0.143. The van der Waals surface area contributed by atoms with Gasteiger partial charge in [-0.1, -0.05) is 135 Å². The third kappa shape index (κ3) is 4.36. The zero-order valence-corrected chi connectivity index (χ0v) is 30.1. The Balaban J connectivity index is 1.26. The van der Waals surface area contributed by atoms with Crippen LogP contribution in [-0.4, -0.2) is 4.57 Å². The van der Waals surface area contributed by atoms with Crippen molar-refractivity contribution in [3.05, 3.63) is 193 Å². The predicted octanol–water partition coefficient (Wildman–Crippen LogP) is 14.1. The predicted molar refractivity (Wildman–Crippen MR) is 226 cm³/mol. The summed E-state index contributed by atoms with van der Waals surface area (Å²) in [6, 6.07) is 65.8. The molecular formula is C51H36N2O. The fourth-order valence-electron chi connectivity index (χ4n) is 9.13. The number of nitrogens with zero attached hydrogens (tertiary/aromatic N) is 2. The van der Waals surface area contributed by atoms with Gasteiger partial charge in [0, 0.05) is 44.1 Å². The van der Waals surface area contributed by atoms with Crippen LogP contribution in [0.5, 0.6) is 0 Å². The third-order valence-corrected chi connectivity index (χ3v) is 11.6. The molecular weight excluding hydrogens is 657 g/mol. The van der Waals surface area contributed by atoms with Crippen molar-refractivity contribution in [3.8, 4) is 27.9 Å². The van der Waals surface area contributed by atoms with Gasteiger partial charge in [-0.05, 0) is 82.9 Å². The van der Waals surface area contributed by atoms with Crippen LogP contribution in [0.3, 0.4) is 0 Å². The molecule has 0 atom stereocenters. The molecule has 3 heteroatoms. The number of para-hydroxylation sites is 3. The van der Waals surface area contributed by atoms with Gasteiger partial charge in [-0.2, -0.15) is 0 Å². The van der Waals surface area contributed by atoms with E-state index < -0.39 is 0 Å². The molecule has 0 saturated heterocycles. The first kappa shape index (κ1) is 30.8. The molecule has 0 radical (unpaired) electrons. The number of aromatic nitrogens is 1. The van der Waals surface area contributed by atoms with E-state index in [4.69, 9.17) is 4.42 Å². The highest BCUT2D eigenvalue weighted by Crippen LogP contribution is 2.55. The minimum atomic E-state index is -0.143. The number of fused-ring (bicyclic) bond motifs is 9. The highest BCUT2D eigenvalue weighted by Gasteiger charge is 2.38. The summed E-state index contributed by atoms with van der Waals surface area (Å²) >= 11 is 0. The summed E-state index contributed by atoms with van der Waals surface area (Å²) in [6.45, 7) is 4.71. The largest absolute Gasteiger partial charge is 0.455 e. The summed E-state index contributed by atoms with van der Waals surface area (Å²) in [5.41, 5.74) is 15.9. The Morgan fingerprint density at radius 2 is 1.19 bits per heavy atom. The molecule has 0 fully saturated rings. The van der Waals surface area contributed by atoms with E-state index in [9.17, 15) is 0 Å². The molecule has 1 aliphatic carbocycles. The molecule has 0 amide bonds. The molecule has 0 unspecified atom stereocenters. The van der Waals surface area contributed by atoms with Crippen LogP contribution in [0.25, 0.3) is 71.7 Å². The summed E-state index contributed by atoms with van der Waals surface area (Å²) < 4.78 is 9.22. The lowest BCUT2D eigenvalue weighted by Gasteiger charge is -2.30. The van der Waals surface area contributed by atoms with Gasteiger partial charge in [0.15, 0.2) is 0 Å². The second-order valence-corrected chi connectivity index (χ2v) is 14.9. The smallest absolute Gasteiger partial charge is 0.145 e. The highest BCUT2D eigenvalue weighted by atomic mass is 16.3. The van der Waals surface area contributed by atoms with Crippen molar-refractivity contribution < 1.29 is 4.42 Å². The van der Waals surface area contributed by atoms with Gasteiger partial charge >= 0.3 is 0 Å². The average Bonchev–Trinajstić information content (AvgIpc) is 3.85. The van der Waals surface area contributed by atoms with Crippen LogP contribution in [0.2, 0.25) is 0 Å². The maximum atomic E-state index is 6.83. The van der Waals surface area contributed by atoms with Crippen molar-refractivity contribution in [1.82, 2.24) is 4.57 Å². The molecule has 3 nitrogen and oxygen atoms in total. The fraction of sp³-hybridized carbons (Fsp3) is 0.0588. The zero-order valence-electron chi connectivity index (χ0n) is 30.1. The molecule has 0 bridgehead atoms. The highest BCUT2D eigenvalue weighted by molar-refractivity contribution is 6.18. The number of rotatable bonds is 5. The lowest BCUT2D eigenvalue weighted by atomic mass is 9.82. The van der Waals surface area contributed by atoms with E-state index in [2.05, 4.69) is 205 Å². The molecule has 0 aliphatic heterocycles. The van der Waals surface area contributed by atoms with Gasteiger partial charge in [-0.25, -0.2) is 0 Å². The third-order valence-electron chi connectivity index (χ3n) is 11.6. The molecule has 0 N–H and O–H groups in total. The normalized spacial score (nSPS) is 13.1. The molecule has 256 valence electrons. The van der Waals surface area contributed by atoms with Gasteiger partial charge in [0.05, 0.1) is 27.8 Å². The number of hydrogen-bond donors (Lipinski definition) is 0. The topological polar surface area (TPSA) is 21.3 Å². The van der Waals surface area contributed by atoms with Crippen LogP contribution in [0.15, 0.2) is 186 Å². The van der Waals surface area contributed by atoms with Gasteiger partial charge in [0.2, 0.25) is 0 Å². The lowest BCUT2D eigenvalue weighted by Crippen LogP contribution is -2.16. The minimum Gasteiger partial charge on any atom is -0.455 e. The zero-order chi connectivity index (χ0) is 36.0. The average molecular weight is 693 g/mol. The van der Waals surface area contributed by atoms with Crippen LogP contribution >= 0.6 is 0 Å². The Labute approximate surface area is 314 Å². The van der Waals surface area contributed by atoms with Crippen molar-refractivity contribution in [2.45, 2.75) is 19.3 Å². The van der Waals surface area contributed by atoms with E-state index in [-0.39, 0.29) is 5.41 Å². The Bertz CT molecular complexity index is 3080. The lowest BCUT2D eigenvalue weighted by molar-refractivity contribution is 0.660. The molecule has 0 saturated carbocycles. The molecule has 8 aromatic carbocycles. The van der Waals surface area contributed by atoms with Crippen molar-refractivity contribution in [2.24, 2.45) is 0 Å². The SMILES string of the molecule is CC1(C)c2ccccc2-c2c(N(c3ccc4c(c3)c3ccccc3n4-c3ccccc3)c3ccc(-c4ccccc4)c4oc5ccccc5c34)cccc21. The van der Waals surface area contributed by atoms with Crippen molar-refractivity contribution in [1.29, 1.82) is 0 Å². The van der Waals surface area contributed by atoms with E-state index in [1.807, 2.05) is 0 Å². The van der Waals surface area contributed by atoms with Crippen LogP contribution in [0, 0.1) is 0 Å². The first-order valence-corrected chi connectivity index (χ1v) is 18.7. The van der Waals surface area contributed by atoms with E-state index in [0.29, 0.717) is 0 Å². The van der Waals surface area contributed by atoms with Gasteiger partial charge in [0.25, 0.3) is 0 Å². The second kappa shape index (κ2) is 11.6. The summed E-state index contributed by atoms with van der Waals surface area (Å²) in [5, 5.41) is 4.63. The number of benzene rings is 8. The van der Waals surface area contributed by atoms with Crippen molar-refractivity contribution in [2.75, 3.05) is 4.90 Å². The first-order chi connectivity index (χ1) is 26.6. The van der Waals surface area contributed by atoms with Crippen LogP contribution in [0.1, 0.15) is 25.0 Å². The molecule has 54 heavy (non-hydrogen) atoms. The Morgan fingerprint density at radius 3 is 2.04 bits per heavy atom. The van der Waals surface area contributed by atoms with Crippen LogP contribution in [-0.2, 0) is 5.41 Å². The van der Waals surface area contributed by atoms with E-state index in [1.54, 1.807) is 0 Å². The van der Waals surface area contributed by atoms with Gasteiger partial charge < -0.3 is 13.9 Å². The monoisotopic (exact) mass is 692 g/mol. The standard InChI is InChI=1S/C51H36N2O/c1-51(2)41-23-12-9-21-38(41)48-42(51)24-15-26-45(48)53(35-28-30-44-40(32-35)37-20-10-13-25-43(37)52(44)34-18-7-4-8-19-34)46-31-29-36(33-16-5-3-6-17-33)50-49(46)39-22-11-14-27-47(39)54-50/h3-32H,1-2H3. The molecule has 0 spiro atoms. The van der Waals surface area contributed by atoms with Crippen LogP contribution in [0.4, 0.5) is 17.1 Å². The van der Waals surface area contributed by atoms with Crippen molar-refractivity contribution >= 4 is 60.8 Å². The quantitative estimate of drug-likeness (QED) is 0.179.